The van der Waals surface area contributed by atoms with Gasteiger partial charge < -0.3 is 9.84 Å². The molecule has 8 heteroatoms. The summed E-state index contributed by atoms with van der Waals surface area (Å²) in [6.45, 7) is 4.32. The lowest BCUT2D eigenvalue weighted by atomic mass is 9.86. The lowest BCUT2D eigenvalue weighted by Crippen LogP contribution is -2.25. The van der Waals surface area contributed by atoms with Gasteiger partial charge in [0.25, 0.3) is 0 Å². The van der Waals surface area contributed by atoms with Crippen LogP contribution in [0.4, 0.5) is 0 Å². The summed E-state index contributed by atoms with van der Waals surface area (Å²) in [5.74, 6) is 0.197. The molecule has 8 nitrogen and oxygen atoms in total. The Morgan fingerprint density at radius 1 is 0.943 bits per heavy atom. The van der Waals surface area contributed by atoms with E-state index < -0.39 is 5.97 Å². The minimum atomic E-state index is -0.970. The van der Waals surface area contributed by atoms with E-state index in [1.807, 2.05) is 68.4 Å². The molecule has 0 saturated heterocycles. The number of carbonyl (C=O) groups is 1. The van der Waals surface area contributed by atoms with E-state index in [1.165, 1.54) is 4.68 Å². The van der Waals surface area contributed by atoms with Crippen molar-refractivity contribution in [3.63, 3.8) is 0 Å². The minimum absolute atomic E-state index is 0.248. The molecule has 0 aliphatic rings. The van der Waals surface area contributed by atoms with Crippen molar-refractivity contribution in [2.75, 3.05) is 6.61 Å². The molecule has 0 aliphatic carbocycles. The second kappa shape index (κ2) is 10.9. The molecule has 0 fully saturated rings. The predicted octanol–water partition coefficient (Wildman–Crippen LogP) is 5.01. The second-order valence-corrected chi connectivity index (χ2v) is 9.05. The number of pyridine rings is 1. The third kappa shape index (κ3) is 6.29. The van der Waals surface area contributed by atoms with Crippen molar-refractivity contribution >= 4 is 5.97 Å². The van der Waals surface area contributed by atoms with Gasteiger partial charge in [-0.1, -0.05) is 74.5 Å². The number of hydrogen-bond acceptors (Lipinski definition) is 6. The number of ether oxygens (including phenoxy) is 1. The van der Waals surface area contributed by atoms with E-state index >= 15 is 0 Å². The zero-order chi connectivity index (χ0) is 24.7. The molecule has 0 amide bonds. The number of aromatic nitrogens is 5. The van der Waals surface area contributed by atoms with Crippen molar-refractivity contribution in [3.8, 4) is 28.3 Å². The molecule has 2 aromatic heterocycles. The molecule has 0 unspecified atom stereocenters. The summed E-state index contributed by atoms with van der Waals surface area (Å²) in [6, 6.07) is 24.3. The Bertz CT molecular complexity index is 1200. The van der Waals surface area contributed by atoms with Gasteiger partial charge in [0.15, 0.2) is 5.82 Å². The Kier molecular flexibility index (Phi) is 7.50. The molecule has 35 heavy (non-hydrogen) atoms. The van der Waals surface area contributed by atoms with E-state index in [1.54, 1.807) is 0 Å². The fraction of sp³-hybridized carbons (Fsp3) is 0.296. The topological polar surface area (TPSA) is 103 Å². The molecule has 2 heterocycles. The Morgan fingerprint density at radius 2 is 1.63 bits per heavy atom. The Hall–Kier alpha value is -4.07. The van der Waals surface area contributed by atoms with Crippen molar-refractivity contribution in [2.24, 2.45) is 0 Å². The zero-order valence-electron chi connectivity index (χ0n) is 20.0. The van der Waals surface area contributed by atoms with Crippen molar-refractivity contribution in [3.05, 3.63) is 78.6 Å². The normalized spacial score (nSPS) is 11.4. The molecule has 2 aromatic carbocycles. The first-order valence-electron chi connectivity index (χ1n) is 11.7. The highest BCUT2D eigenvalue weighted by molar-refractivity contribution is 5.71. The number of aliphatic carboxylic acids is 1. The molecule has 180 valence electrons. The van der Waals surface area contributed by atoms with Gasteiger partial charge in [-0.2, -0.15) is 0 Å². The molecule has 0 atom stereocenters. The molecule has 4 aromatic rings. The Labute approximate surface area is 204 Å². The van der Waals surface area contributed by atoms with E-state index in [-0.39, 0.29) is 12.0 Å². The van der Waals surface area contributed by atoms with Crippen LogP contribution in [0.1, 0.15) is 38.9 Å². The largest absolute Gasteiger partial charge is 0.480 e. The monoisotopic (exact) mass is 471 g/mol. The van der Waals surface area contributed by atoms with E-state index in [0.29, 0.717) is 18.3 Å². The average molecular weight is 472 g/mol. The summed E-state index contributed by atoms with van der Waals surface area (Å²) in [5, 5.41) is 20.6. The van der Waals surface area contributed by atoms with Gasteiger partial charge in [0.2, 0.25) is 5.88 Å². The van der Waals surface area contributed by atoms with Crippen molar-refractivity contribution in [1.82, 2.24) is 25.2 Å². The van der Waals surface area contributed by atoms with Gasteiger partial charge in [0.1, 0.15) is 6.54 Å². The first kappa shape index (κ1) is 24.1. The van der Waals surface area contributed by atoms with Crippen LogP contribution < -0.4 is 4.74 Å². The summed E-state index contributed by atoms with van der Waals surface area (Å²) in [7, 11) is 0. The van der Waals surface area contributed by atoms with Crippen LogP contribution in [0.25, 0.3) is 22.4 Å². The number of tetrazole rings is 1. The fourth-order valence-corrected chi connectivity index (χ4v) is 4.01. The summed E-state index contributed by atoms with van der Waals surface area (Å²) in [6.07, 6.45) is 2.49. The van der Waals surface area contributed by atoms with Crippen LogP contribution in [0.15, 0.2) is 72.8 Å². The molecule has 0 spiro atoms. The highest BCUT2D eigenvalue weighted by Crippen LogP contribution is 2.29. The van der Waals surface area contributed by atoms with E-state index in [0.717, 1.165) is 41.6 Å². The highest BCUT2D eigenvalue weighted by atomic mass is 16.5. The maximum Gasteiger partial charge on any atom is 0.325 e. The molecule has 0 radical (unpaired) electrons. The third-order valence-corrected chi connectivity index (χ3v) is 5.85. The lowest BCUT2D eigenvalue weighted by molar-refractivity contribution is -0.138. The van der Waals surface area contributed by atoms with Crippen LogP contribution in [-0.4, -0.2) is 42.9 Å². The molecule has 0 aliphatic heterocycles. The van der Waals surface area contributed by atoms with Crippen LogP contribution in [0.3, 0.4) is 0 Å². The van der Waals surface area contributed by atoms with Crippen molar-refractivity contribution < 1.29 is 14.6 Å². The molecule has 1 N–H and O–H groups in total. The number of unbranched alkanes of at least 4 members (excludes halogenated alkanes) is 1. The zero-order valence-corrected chi connectivity index (χ0v) is 20.0. The summed E-state index contributed by atoms with van der Waals surface area (Å²) in [4.78, 5) is 15.8. The van der Waals surface area contributed by atoms with Gasteiger partial charge in [-0.3, -0.25) is 4.79 Å². The molecule has 0 saturated carbocycles. The minimum Gasteiger partial charge on any atom is -0.480 e. The van der Waals surface area contributed by atoms with Crippen LogP contribution in [0.5, 0.6) is 5.88 Å². The first-order valence-corrected chi connectivity index (χ1v) is 11.7. The SMILES string of the molecule is CC(C)(CCCCOc1cc(-c2ccccc2)cc(-c2ccccc2)n1)c1nnnn1CC(=O)O. The number of carboxylic acids is 1. The number of rotatable bonds is 11. The fourth-order valence-electron chi connectivity index (χ4n) is 4.01. The van der Waals surface area contributed by atoms with Gasteiger partial charge in [0.05, 0.1) is 12.3 Å². The summed E-state index contributed by atoms with van der Waals surface area (Å²) < 4.78 is 7.43. The van der Waals surface area contributed by atoms with Gasteiger partial charge in [0, 0.05) is 17.0 Å². The molecular weight excluding hydrogens is 442 g/mol. The predicted molar refractivity (Wildman–Crippen MR) is 133 cm³/mol. The molecular formula is C27H29N5O3. The first-order chi connectivity index (χ1) is 16.9. The van der Waals surface area contributed by atoms with Crippen molar-refractivity contribution in [1.29, 1.82) is 0 Å². The quantitative estimate of drug-likeness (QED) is 0.307. The van der Waals surface area contributed by atoms with E-state index in [2.05, 4.69) is 33.7 Å². The van der Waals surface area contributed by atoms with Gasteiger partial charge >= 0.3 is 5.97 Å². The highest BCUT2D eigenvalue weighted by Gasteiger charge is 2.27. The average Bonchev–Trinajstić information content (AvgIpc) is 3.33. The number of hydrogen-bond donors (Lipinski definition) is 1. The van der Waals surface area contributed by atoms with Gasteiger partial charge in [-0.05, 0) is 46.9 Å². The maximum atomic E-state index is 11.1. The maximum absolute atomic E-state index is 11.1. The Balaban J connectivity index is 1.41. The van der Waals surface area contributed by atoms with Crippen LogP contribution in [-0.2, 0) is 16.8 Å². The molecule has 0 bridgehead atoms. The number of nitrogens with zero attached hydrogens (tertiary/aromatic N) is 5. The van der Waals surface area contributed by atoms with Gasteiger partial charge in [-0.25, -0.2) is 9.67 Å². The standard InChI is InChI=1S/C27H29N5O3/c1-27(2,26-29-30-31-32(26)19-25(33)34)15-9-10-16-35-24-18-22(20-11-5-3-6-12-20)17-23(28-24)21-13-7-4-8-14-21/h3-8,11-14,17-18H,9-10,15-16,19H2,1-2H3,(H,33,34). The van der Waals surface area contributed by atoms with Crippen molar-refractivity contribution in [2.45, 2.75) is 45.1 Å². The lowest BCUT2D eigenvalue weighted by Gasteiger charge is -2.23. The van der Waals surface area contributed by atoms with Crippen LogP contribution in [0.2, 0.25) is 0 Å². The van der Waals surface area contributed by atoms with Crippen LogP contribution >= 0.6 is 0 Å². The summed E-state index contributed by atoms with van der Waals surface area (Å²) >= 11 is 0. The van der Waals surface area contributed by atoms with Gasteiger partial charge in [-0.15, -0.1) is 5.10 Å². The Morgan fingerprint density at radius 3 is 2.31 bits per heavy atom. The summed E-state index contributed by atoms with van der Waals surface area (Å²) in [5.41, 5.74) is 3.72. The third-order valence-electron chi connectivity index (χ3n) is 5.85. The smallest absolute Gasteiger partial charge is 0.325 e. The van der Waals surface area contributed by atoms with Crippen LogP contribution in [0, 0.1) is 0 Å². The molecule has 4 rings (SSSR count). The van der Waals surface area contributed by atoms with E-state index in [9.17, 15) is 4.79 Å². The number of benzene rings is 2. The second-order valence-electron chi connectivity index (χ2n) is 9.05. The number of carboxylic acid groups (broad SMARTS) is 1. The van der Waals surface area contributed by atoms with E-state index in [4.69, 9.17) is 14.8 Å².